The Morgan fingerprint density at radius 2 is 1.68 bits per heavy atom. The number of halogens is 2. The minimum atomic E-state index is -0.559. The van der Waals surface area contributed by atoms with E-state index in [2.05, 4.69) is 0 Å². The van der Waals surface area contributed by atoms with Crippen LogP contribution in [0.25, 0.3) is 33.3 Å². The highest BCUT2D eigenvalue weighted by atomic mass is 35.5. The summed E-state index contributed by atoms with van der Waals surface area (Å²) in [6, 6.07) is 12.8. The van der Waals surface area contributed by atoms with Crippen LogP contribution in [-0.4, -0.2) is 0 Å². The second kappa shape index (κ2) is 4.71. The van der Waals surface area contributed by atoms with Crippen molar-refractivity contribution in [2.75, 3.05) is 0 Å². The second-order valence-corrected chi connectivity index (χ2v) is 5.22. The molecule has 0 amide bonds. The van der Waals surface area contributed by atoms with Gasteiger partial charge < -0.3 is 8.83 Å². The first-order chi connectivity index (χ1) is 10.6. The fraction of sp³-hybridized carbons (Fsp3) is 0. The Kier molecular flexibility index (Phi) is 2.81. The lowest BCUT2D eigenvalue weighted by Crippen LogP contribution is -1.98. The van der Waals surface area contributed by atoms with Crippen LogP contribution >= 0.6 is 11.6 Å². The van der Waals surface area contributed by atoms with E-state index in [9.17, 15) is 9.18 Å². The maximum atomic E-state index is 13.1. The molecule has 0 N–H and O–H groups in total. The van der Waals surface area contributed by atoms with Crippen molar-refractivity contribution < 1.29 is 13.2 Å². The van der Waals surface area contributed by atoms with Gasteiger partial charge in [-0.3, -0.25) is 0 Å². The molecule has 4 rings (SSSR count). The molecule has 22 heavy (non-hydrogen) atoms. The molecule has 0 saturated carbocycles. The molecule has 4 aromatic rings. The monoisotopic (exact) mass is 314 g/mol. The average Bonchev–Trinajstić information content (AvgIpc) is 2.87. The number of fused-ring (bicyclic) bond motifs is 3. The minimum absolute atomic E-state index is 0.168. The highest BCUT2D eigenvalue weighted by Gasteiger charge is 2.20. The first-order valence-electron chi connectivity index (χ1n) is 6.55. The van der Waals surface area contributed by atoms with Crippen molar-refractivity contribution >= 4 is 33.5 Å². The Balaban J connectivity index is 2.12. The van der Waals surface area contributed by atoms with Gasteiger partial charge in [-0.15, -0.1) is 0 Å². The molecule has 0 fully saturated rings. The van der Waals surface area contributed by atoms with Gasteiger partial charge in [-0.2, -0.15) is 0 Å². The van der Waals surface area contributed by atoms with Crippen LogP contribution in [0.3, 0.4) is 0 Å². The van der Waals surface area contributed by atoms with Crippen LogP contribution in [0.15, 0.2) is 62.2 Å². The average molecular weight is 315 g/mol. The van der Waals surface area contributed by atoms with Crippen molar-refractivity contribution in [3.05, 3.63) is 69.8 Å². The van der Waals surface area contributed by atoms with Gasteiger partial charge in [0.15, 0.2) is 11.3 Å². The molecule has 2 heterocycles. The van der Waals surface area contributed by atoms with Crippen LogP contribution in [0, 0.1) is 5.82 Å². The van der Waals surface area contributed by atoms with Gasteiger partial charge in [-0.05, 0) is 36.4 Å². The molecule has 5 heteroatoms. The molecule has 0 aliphatic carbocycles. The largest absolute Gasteiger partial charge is 0.453 e. The van der Waals surface area contributed by atoms with Gasteiger partial charge in [-0.25, -0.2) is 9.18 Å². The Morgan fingerprint density at radius 1 is 0.955 bits per heavy atom. The molecule has 108 valence electrons. The lowest BCUT2D eigenvalue weighted by Gasteiger charge is -1.97. The van der Waals surface area contributed by atoms with E-state index in [1.807, 2.05) is 6.07 Å². The summed E-state index contributed by atoms with van der Waals surface area (Å²) in [5.74, 6) is -0.0405. The van der Waals surface area contributed by atoms with E-state index < -0.39 is 5.63 Å². The van der Waals surface area contributed by atoms with Crippen molar-refractivity contribution in [2.24, 2.45) is 0 Å². The molecule has 0 atom stereocenters. The SMILES string of the molecule is O=c1oc2ccccc2c2oc(-c3ccc(F)cc3)c(Cl)c12. The third-order valence-corrected chi connectivity index (χ3v) is 3.86. The topological polar surface area (TPSA) is 43.4 Å². The van der Waals surface area contributed by atoms with Crippen molar-refractivity contribution in [1.82, 2.24) is 0 Å². The summed E-state index contributed by atoms with van der Waals surface area (Å²) < 4.78 is 24.1. The highest BCUT2D eigenvalue weighted by molar-refractivity contribution is 6.38. The fourth-order valence-electron chi connectivity index (χ4n) is 2.46. The quantitative estimate of drug-likeness (QED) is 0.464. The van der Waals surface area contributed by atoms with Crippen LogP contribution in [0.4, 0.5) is 4.39 Å². The molecule has 0 radical (unpaired) electrons. The van der Waals surface area contributed by atoms with E-state index in [-0.39, 0.29) is 16.2 Å². The van der Waals surface area contributed by atoms with Gasteiger partial charge in [-0.1, -0.05) is 23.7 Å². The summed E-state index contributed by atoms with van der Waals surface area (Å²) in [5, 5.41) is 1.02. The molecule has 0 saturated heterocycles. The molecule has 2 aromatic carbocycles. The molecule has 0 spiro atoms. The maximum Gasteiger partial charge on any atom is 0.349 e. The van der Waals surface area contributed by atoms with E-state index in [0.29, 0.717) is 27.9 Å². The summed E-state index contributed by atoms with van der Waals surface area (Å²) in [4.78, 5) is 12.1. The van der Waals surface area contributed by atoms with Gasteiger partial charge in [0.05, 0.1) is 5.39 Å². The minimum Gasteiger partial charge on any atom is -0.453 e. The van der Waals surface area contributed by atoms with E-state index in [4.69, 9.17) is 20.4 Å². The zero-order valence-electron chi connectivity index (χ0n) is 11.1. The first-order valence-corrected chi connectivity index (χ1v) is 6.93. The van der Waals surface area contributed by atoms with Crippen molar-refractivity contribution in [1.29, 1.82) is 0 Å². The van der Waals surface area contributed by atoms with Crippen LogP contribution in [0.5, 0.6) is 0 Å². The smallest absolute Gasteiger partial charge is 0.349 e. The maximum absolute atomic E-state index is 13.1. The van der Waals surface area contributed by atoms with Gasteiger partial charge >= 0.3 is 5.63 Å². The third-order valence-electron chi connectivity index (χ3n) is 3.49. The lowest BCUT2D eigenvalue weighted by atomic mass is 10.1. The lowest BCUT2D eigenvalue weighted by molar-refractivity contribution is 0.565. The van der Waals surface area contributed by atoms with Crippen molar-refractivity contribution in [3.63, 3.8) is 0 Å². The zero-order chi connectivity index (χ0) is 15.3. The number of para-hydroxylation sites is 1. The summed E-state index contributed by atoms with van der Waals surface area (Å²) >= 11 is 6.29. The fourth-order valence-corrected chi connectivity index (χ4v) is 2.77. The van der Waals surface area contributed by atoms with Crippen LogP contribution < -0.4 is 5.63 Å². The van der Waals surface area contributed by atoms with Gasteiger partial charge in [0.1, 0.15) is 21.8 Å². The summed E-state index contributed by atoms with van der Waals surface area (Å²) in [7, 11) is 0. The number of rotatable bonds is 1. The van der Waals surface area contributed by atoms with Crippen LogP contribution in [-0.2, 0) is 0 Å². The molecular weight excluding hydrogens is 307 g/mol. The van der Waals surface area contributed by atoms with E-state index >= 15 is 0 Å². The zero-order valence-corrected chi connectivity index (χ0v) is 11.9. The summed E-state index contributed by atoms with van der Waals surface area (Å²) in [6.45, 7) is 0. The predicted molar refractivity (Wildman–Crippen MR) is 82.7 cm³/mol. The second-order valence-electron chi connectivity index (χ2n) is 4.84. The standard InChI is InChI=1S/C17H8ClFO3/c18-14-13-16(11-3-1-2-4-12(11)21-17(13)20)22-15(14)9-5-7-10(19)8-6-9/h1-8H. The number of benzene rings is 2. The predicted octanol–water partition coefficient (Wildman–Crippen LogP) is 5.00. The molecule has 0 aliphatic rings. The molecule has 2 aromatic heterocycles. The Labute approximate surface area is 128 Å². The normalized spacial score (nSPS) is 11.4. The molecule has 3 nitrogen and oxygen atoms in total. The summed E-state index contributed by atoms with van der Waals surface area (Å²) in [6.07, 6.45) is 0. The molecular formula is C17H8ClFO3. The van der Waals surface area contributed by atoms with Gasteiger partial charge in [0.2, 0.25) is 0 Å². The highest BCUT2D eigenvalue weighted by Crippen LogP contribution is 2.38. The van der Waals surface area contributed by atoms with Crippen LogP contribution in [0.2, 0.25) is 5.02 Å². The van der Waals surface area contributed by atoms with Crippen molar-refractivity contribution in [2.45, 2.75) is 0 Å². The van der Waals surface area contributed by atoms with Gasteiger partial charge in [0, 0.05) is 5.56 Å². The number of furan rings is 1. The molecule has 0 unspecified atom stereocenters. The number of hydrogen-bond donors (Lipinski definition) is 0. The van der Waals surface area contributed by atoms with E-state index in [1.54, 1.807) is 30.3 Å². The third kappa shape index (κ3) is 1.84. The first kappa shape index (κ1) is 13.1. The Bertz CT molecular complexity index is 1060. The van der Waals surface area contributed by atoms with Gasteiger partial charge in [0.25, 0.3) is 0 Å². The summed E-state index contributed by atoms with van der Waals surface area (Å²) in [5.41, 5.74) is 0.828. The number of hydrogen-bond acceptors (Lipinski definition) is 3. The molecule has 0 aliphatic heterocycles. The Morgan fingerprint density at radius 3 is 2.45 bits per heavy atom. The van der Waals surface area contributed by atoms with Crippen LogP contribution in [0.1, 0.15) is 0 Å². The van der Waals surface area contributed by atoms with Crippen molar-refractivity contribution in [3.8, 4) is 11.3 Å². The van der Waals surface area contributed by atoms with E-state index in [1.165, 1.54) is 12.1 Å². The Hall–Kier alpha value is -2.59. The van der Waals surface area contributed by atoms with E-state index in [0.717, 1.165) is 0 Å². The molecule has 0 bridgehead atoms.